The summed E-state index contributed by atoms with van der Waals surface area (Å²) in [5, 5.41) is 0. The molecule has 0 saturated carbocycles. The lowest BCUT2D eigenvalue weighted by molar-refractivity contribution is 0.448. The zero-order valence-corrected chi connectivity index (χ0v) is 14.1. The van der Waals surface area contributed by atoms with Gasteiger partial charge in [0.2, 0.25) is 10.0 Å². The van der Waals surface area contributed by atoms with Gasteiger partial charge in [-0.3, -0.25) is 0 Å². The molecule has 5 nitrogen and oxygen atoms in total. The summed E-state index contributed by atoms with van der Waals surface area (Å²) in [6.07, 6.45) is 5.84. The molecule has 0 amide bonds. The van der Waals surface area contributed by atoms with Crippen molar-refractivity contribution in [2.75, 3.05) is 31.4 Å². The Hall–Kier alpha value is -0.850. The summed E-state index contributed by atoms with van der Waals surface area (Å²) >= 11 is 5.88. The molecule has 1 aliphatic heterocycles. The van der Waals surface area contributed by atoms with Crippen molar-refractivity contribution in [2.45, 2.75) is 36.6 Å². The maximum Gasteiger partial charge on any atom is 0.244 e. The van der Waals surface area contributed by atoms with Gasteiger partial charge < -0.3 is 4.90 Å². The highest BCUT2D eigenvalue weighted by Gasteiger charge is 2.24. The molecule has 1 aliphatic rings. The number of sulfonamides is 1. The second-order valence-electron chi connectivity index (χ2n) is 5.46. The van der Waals surface area contributed by atoms with Crippen molar-refractivity contribution in [1.82, 2.24) is 9.29 Å². The molecule has 118 valence electrons. The first-order valence-electron chi connectivity index (χ1n) is 7.18. The van der Waals surface area contributed by atoms with Crippen molar-refractivity contribution in [3.63, 3.8) is 0 Å². The smallest absolute Gasteiger partial charge is 0.244 e. The topological polar surface area (TPSA) is 53.5 Å². The molecule has 1 atom stereocenters. The van der Waals surface area contributed by atoms with Crippen LogP contribution in [0, 0.1) is 0 Å². The summed E-state index contributed by atoms with van der Waals surface area (Å²) in [4.78, 5) is 6.83. The maximum atomic E-state index is 12.0. The molecule has 7 heteroatoms. The van der Waals surface area contributed by atoms with Crippen LogP contribution in [0.25, 0.3) is 0 Å². The van der Waals surface area contributed by atoms with Crippen molar-refractivity contribution in [1.29, 1.82) is 0 Å². The fraction of sp³-hybridized carbons (Fsp3) is 0.643. The lowest BCUT2D eigenvalue weighted by Gasteiger charge is -2.36. The fourth-order valence-electron chi connectivity index (χ4n) is 2.63. The molecule has 2 heterocycles. The van der Waals surface area contributed by atoms with Crippen molar-refractivity contribution in [3.05, 3.63) is 18.3 Å². The normalized spacial score (nSPS) is 20.0. The standard InChI is InChI=1S/C14H22ClN3O2S/c1-17(2)21(19,20)13-6-7-14(16-11-13)18-10-4-3-5-12(18)8-9-15/h6-7,11-12H,3-5,8-10H2,1-2H3. The molecule has 0 spiro atoms. The molecule has 2 rings (SSSR count). The molecule has 0 aromatic carbocycles. The van der Waals surface area contributed by atoms with Crippen LogP contribution >= 0.6 is 11.6 Å². The summed E-state index contributed by atoms with van der Waals surface area (Å²) in [5.41, 5.74) is 0. The lowest BCUT2D eigenvalue weighted by atomic mass is 10.00. The predicted octanol–water partition coefficient (Wildman–Crippen LogP) is 2.32. The quantitative estimate of drug-likeness (QED) is 0.777. The molecular weight excluding hydrogens is 310 g/mol. The van der Waals surface area contributed by atoms with Crippen LogP contribution in [-0.4, -0.2) is 50.3 Å². The molecule has 1 aromatic rings. The van der Waals surface area contributed by atoms with Crippen molar-refractivity contribution < 1.29 is 8.42 Å². The Labute approximate surface area is 132 Å². The Kier molecular flexibility index (Phi) is 5.46. The van der Waals surface area contributed by atoms with E-state index in [9.17, 15) is 8.42 Å². The monoisotopic (exact) mass is 331 g/mol. The van der Waals surface area contributed by atoms with Crippen LogP contribution in [0.4, 0.5) is 5.82 Å². The Bertz CT molecular complexity index is 558. The minimum absolute atomic E-state index is 0.224. The van der Waals surface area contributed by atoms with Gasteiger partial charge in [-0.2, -0.15) is 0 Å². The lowest BCUT2D eigenvalue weighted by Crippen LogP contribution is -2.40. The Balaban J connectivity index is 2.21. The van der Waals surface area contributed by atoms with Gasteiger partial charge in [0, 0.05) is 38.8 Å². The van der Waals surface area contributed by atoms with E-state index in [1.165, 1.54) is 31.0 Å². The maximum absolute atomic E-state index is 12.0. The molecule has 0 bridgehead atoms. The van der Waals surface area contributed by atoms with Crippen LogP contribution in [0.3, 0.4) is 0 Å². The largest absolute Gasteiger partial charge is 0.354 e. The van der Waals surface area contributed by atoms with Crippen molar-refractivity contribution >= 4 is 27.4 Å². The van der Waals surface area contributed by atoms with E-state index in [2.05, 4.69) is 9.88 Å². The van der Waals surface area contributed by atoms with Crippen LogP contribution in [-0.2, 0) is 10.0 Å². The highest BCUT2D eigenvalue weighted by atomic mass is 35.5. The minimum atomic E-state index is -3.42. The molecule has 0 N–H and O–H groups in total. The Morgan fingerprint density at radius 2 is 2.14 bits per heavy atom. The van der Waals surface area contributed by atoms with Gasteiger partial charge in [0.25, 0.3) is 0 Å². The fourth-order valence-corrected chi connectivity index (χ4v) is 3.73. The molecule has 21 heavy (non-hydrogen) atoms. The number of rotatable bonds is 5. The summed E-state index contributed by atoms with van der Waals surface area (Å²) in [5.74, 6) is 1.47. The van der Waals surface area contributed by atoms with Crippen LogP contribution in [0.1, 0.15) is 25.7 Å². The number of pyridine rings is 1. The van der Waals surface area contributed by atoms with E-state index in [0.29, 0.717) is 11.9 Å². The second-order valence-corrected chi connectivity index (χ2v) is 7.99. The third-order valence-electron chi connectivity index (χ3n) is 3.86. The van der Waals surface area contributed by atoms with Gasteiger partial charge in [-0.15, -0.1) is 11.6 Å². The van der Waals surface area contributed by atoms with Gasteiger partial charge in [0.1, 0.15) is 10.7 Å². The first-order chi connectivity index (χ1) is 9.96. The van der Waals surface area contributed by atoms with Gasteiger partial charge >= 0.3 is 0 Å². The van der Waals surface area contributed by atoms with E-state index in [0.717, 1.165) is 31.6 Å². The summed E-state index contributed by atoms with van der Waals surface area (Å²) in [7, 11) is -0.380. The van der Waals surface area contributed by atoms with Crippen LogP contribution in [0.15, 0.2) is 23.2 Å². The van der Waals surface area contributed by atoms with E-state index in [4.69, 9.17) is 11.6 Å². The zero-order valence-electron chi connectivity index (χ0n) is 12.5. The molecular formula is C14H22ClN3O2S. The number of anilines is 1. The molecule has 1 aromatic heterocycles. The van der Waals surface area contributed by atoms with Crippen molar-refractivity contribution in [2.24, 2.45) is 0 Å². The number of hydrogen-bond acceptors (Lipinski definition) is 4. The van der Waals surface area contributed by atoms with Crippen LogP contribution < -0.4 is 4.90 Å². The molecule has 0 aliphatic carbocycles. The SMILES string of the molecule is CN(C)S(=O)(=O)c1ccc(N2CCCCC2CCCl)nc1. The number of alkyl halides is 1. The van der Waals surface area contributed by atoms with Gasteiger partial charge in [-0.25, -0.2) is 17.7 Å². The van der Waals surface area contributed by atoms with E-state index in [1.807, 2.05) is 0 Å². The average molecular weight is 332 g/mol. The summed E-state index contributed by atoms with van der Waals surface area (Å²) in [6, 6.07) is 3.83. The summed E-state index contributed by atoms with van der Waals surface area (Å²) < 4.78 is 25.3. The van der Waals surface area contributed by atoms with Crippen LogP contribution in [0.2, 0.25) is 0 Å². The van der Waals surface area contributed by atoms with Crippen molar-refractivity contribution in [3.8, 4) is 0 Å². The van der Waals surface area contributed by atoms with Gasteiger partial charge in [-0.1, -0.05) is 0 Å². The number of halogens is 1. The first kappa shape index (κ1) is 16.5. The average Bonchev–Trinajstić information content (AvgIpc) is 2.48. The second kappa shape index (κ2) is 6.94. The highest BCUT2D eigenvalue weighted by molar-refractivity contribution is 7.89. The summed E-state index contributed by atoms with van der Waals surface area (Å²) in [6.45, 7) is 0.953. The Morgan fingerprint density at radius 3 is 2.71 bits per heavy atom. The third kappa shape index (κ3) is 3.67. The molecule has 1 unspecified atom stereocenters. The number of nitrogens with zero attached hydrogens (tertiary/aromatic N) is 3. The highest BCUT2D eigenvalue weighted by Crippen LogP contribution is 2.26. The van der Waals surface area contributed by atoms with E-state index >= 15 is 0 Å². The van der Waals surface area contributed by atoms with E-state index in [-0.39, 0.29) is 4.90 Å². The Morgan fingerprint density at radius 1 is 1.38 bits per heavy atom. The van der Waals surface area contributed by atoms with E-state index < -0.39 is 10.0 Å². The van der Waals surface area contributed by atoms with Gasteiger partial charge in [0.05, 0.1) is 0 Å². The van der Waals surface area contributed by atoms with Gasteiger partial charge in [0.15, 0.2) is 0 Å². The molecule has 0 radical (unpaired) electrons. The molecule has 1 fully saturated rings. The number of aromatic nitrogens is 1. The van der Waals surface area contributed by atoms with E-state index in [1.54, 1.807) is 12.1 Å². The number of hydrogen-bond donors (Lipinski definition) is 0. The number of piperidine rings is 1. The van der Waals surface area contributed by atoms with Crippen LogP contribution in [0.5, 0.6) is 0 Å². The predicted molar refractivity (Wildman–Crippen MR) is 85.4 cm³/mol. The first-order valence-corrected chi connectivity index (χ1v) is 9.15. The third-order valence-corrected chi connectivity index (χ3v) is 5.88. The van der Waals surface area contributed by atoms with Gasteiger partial charge in [-0.05, 0) is 37.8 Å². The molecule has 1 saturated heterocycles. The zero-order chi connectivity index (χ0) is 15.5. The minimum Gasteiger partial charge on any atom is -0.354 e.